The lowest BCUT2D eigenvalue weighted by molar-refractivity contribution is -0.141. The van der Waals surface area contributed by atoms with Crippen LogP contribution in [0.4, 0.5) is 0 Å². The molecule has 1 atom stereocenters. The van der Waals surface area contributed by atoms with E-state index < -0.39 is 5.79 Å². The number of rotatable bonds is 3. The van der Waals surface area contributed by atoms with Gasteiger partial charge < -0.3 is 14.2 Å². The van der Waals surface area contributed by atoms with Gasteiger partial charge in [-0.25, -0.2) is 0 Å². The molecule has 0 bridgehead atoms. The fraction of sp³-hybridized carbons (Fsp3) is 0.538. The zero-order chi connectivity index (χ0) is 11.6. The summed E-state index contributed by atoms with van der Waals surface area (Å²) in [5, 5.41) is 0. The second kappa shape index (κ2) is 4.44. The Bertz CT molecular complexity index is 343. The molecule has 0 saturated carbocycles. The SMILES string of the molecule is Cc1ccc(OC[C@H]2COC(C)(C)O2)cc1. The van der Waals surface area contributed by atoms with Gasteiger partial charge in [0.1, 0.15) is 18.5 Å². The van der Waals surface area contributed by atoms with Crippen molar-refractivity contribution >= 4 is 0 Å². The van der Waals surface area contributed by atoms with Crippen molar-refractivity contribution in [3.63, 3.8) is 0 Å². The van der Waals surface area contributed by atoms with Crippen molar-refractivity contribution in [2.24, 2.45) is 0 Å². The number of aryl methyl sites for hydroxylation is 1. The monoisotopic (exact) mass is 222 g/mol. The third kappa shape index (κ3) is 2.97. The van der Waals surface area contributed by atoms with Crippen LogP contribution in [0.5, 0.6) is 5.75 Å². The highest BCUT2D eigenvalue weighted by atomic mass is 16.7. The maximum atomic E-state index is 5.65. The van der Waals surface area contributed by atoms with E-state index in [1.54, 1.807) is 0 Å². The first kappa shape index (κ1) is 11.4. The van der Waals surface area contributed by atoms with Crippen molar-refractivity contribution in [1.29, 1.82) is 0 Å². The van der Waals surface area contributed by atoms with Crippen LogP contribution in [-0.4, -0.2) is 25.1 Å². The number of hydrogen-bond acceptors (Lipinski definition) is 3. The predicted octanol–water partition coefficient (Wildman–Crippen LogP) is 2.53. The van der Waals surface area contributed by atoms with E-state index >= 15 is 0 Å². The van der Waals surface area contributed by atoms with Crippen molar-refractivity contribution in [3.05, 3.63) is 29.8 Å². The summed E-state index contributed by atoms with van der Waals surface area (Å²) in [4.78, 5) is 0. The molecule has 0 spiro atoms. The van der Waals surface area contributed by atoms with Crippen LogP contribution in [0.3, 0.4) is 0 Å². The first-order valence-electron chi connectivity index (χ1n) is 5.56. The molecule has 1 aromatic rings. The lowest BCUT2D eigenvalue weighted by Gasteiger charge is -2.17. The van der Waals surface area contributed by atoms with Crippen LogP contribution in [0.15, 0.2) is 24.3 Å². The molecule has 2 rings (SSSR count). The summed E-state index contributed by atoms with van der Waals surface area (Å²) in [7, 11) is 0. The zero-order valence-electron chi connectivity index (χ0n) is 10.0. The molecule has 1 aromatic carbocycles. The molecule has 0 N–H and O–H groups in total. The molecule has 0 aromatic heterocycles. The topological polar surface area (TPSA) is 27.7 Å². The molecule has 1 saturated heterocycles. The Hall–Kier alpha value is -1.06. The van der Waals surface area contributed by atoms with Crippen molar-refractivity contribution in [1.82, 2.24) is 0 Å². The highest BCUT2D eigenvalue weighted by Crippen LogP contribution is 2.23. The average molecular weight is 222 g/mol. The lowest BCUT2D eigenvalue weighted by atomic mass is 10.2. The fourth-order valence-corrected chi connectivity index (χ4v) is 1.67. The molecule has 0 aliphatic carbocycles. The Kier molecular flexibility index (Phi) is 3.17. The van der Waals surface area contributed by atoms with E-state index in [2.05, 4.69) is 6.92 Å². The average Bonchev–Trinajstić information content (AvgIpc) is 2.58. The first-order valence-corrected chi connectivity index (χ1v) is 5.56. The highest BCUT2D eigenvalue weighted by Gasteiger charge is 2.32. The minimum Gasteiger partial charge on any atom is -0.491 e. The quantitative estimate of drug-likeness (QED) is 0.786. The molecule has 0 unspecified atom stereocenters. The Balaban J connectivity index is 1.82. The summed E-state index contributed by atoms with van der Waals surface area (Å²) in [6, 6.07) is 8.00. The van der Waals surface area contributed by atoms with Gasteiger partial charge in [-0.2, -0.15) is 0 Å². The largest absolute Gasteiger partial charge is 0.491 e. The van der Waals surface area contributed by atoms with Gasteiger partial charge in [-0.1, -0.05) is 17.7 Å². The maximum Gasteiger partial charge on any atom is 0.163 e. The summed E-state index contributed by atoms with van der Waals surface area (Å²) in [5.41, 5.74) is 1.23. The van der Waals surface area contributed by atoms with Crippen LogP contribution >= 0.6 is 0 Å². The summed E-state index contributed by atoms with van der Waals surface area (Å²) in [6.07, 6.45) is 0.0244. The molecule has 1 fully saturated rings. The molecule has 16 heavy (non-hydrogen) atoms. The summed E-state index contributed by atoms with van der Waals surface area (Å²) >= 11 is 0. The minimum atomic E-state index is -0.471. The Morgan fingerprint density at radius 3 is 2.56 bits per heavy atom. The lowest BCUT2D eigenvalue weighted by Crippen LogP contribution is -2.25. The molecule has 0 amide bonds. The van der Waals surface area contributed by atoms with Crippen LogP contribution in [-0.2, 0) is 9.47 Å². The molecule has 1 aliphatic rings. The van der Waals surface area contributed by atoms with Crippen LogP contribution in [0.1, 0.15) is 19.4 Å². The van der Waals surface area contributed by atoms with E-state index in [4.69, 9.17) is 14.2 Å². The highest BCUT2D eigenvalue weighted by molar-refractivity contribution is 5.26. The van der Waals surface area contributed by atoms with E-state index in [1.165, 1.54) is 5.56 Å². The van der Waals surface area contributed by atoms with Gasteiger partial charge >= 0.3 is 0 Å². The van der Waals surface area contributed by atoms with E-state index in [9.17, 15) is 0 Å². The predicted molar refractivity (Wildman–Crippen MR) is 61.6 cm³/mol. The van der Waals surface area contributed by atoms with Crippen molar-refractivity contribution < 1.29 is 14.2 Å². The standard InChI is InChI=1S/C13H18O3/c1-10-4-6-11(7-5-10)14-8-12-9-15-13(2,3)16-12/h4-7,12H,8-9H2,1-3H3/t12-/m0/s1. The first-order chi connectivity index (χ1) is 7.55. The van der Waals surface area contributed by atoms with Crippen molar-refractivity contribution in [2.75, 3.05) is 13.2 Å². The Morgan fingerprint density at radius 1 is 1.31 bits per heavy atom. The van der Waals surface area contributed by atoms with Gasteiger partial charge in [-0.15, -0.1) is 0 Å². The van der Waals surface area contributed by atoms with Crippen LogP contribution in [0.2, 0.25) is 0 Å². The molecule has 3 heteroatoms. The molecule has 1 aliphatic heterocycles. The van der Waals surface area contributed by atoms with E-state index in [-0.39, 0.29) is 6.10 Å². The minimum absolute atomic E-state index is 0.0244. The molecule has 88 valence electrons. The summed E-state index contributed by atoms with van der Waals surface area (Å²) in [6.45, 7) is 7.02. The second-order valence-corrected chi connectivity index (χ2v) is 4.57. The zero-order valence-corrected chi connectivity index (χ0v) is 10.0. The van der Waals surface area contributed by atoms with Gasteiger partial charge in [0.2, 0.25) is 0 Å². The molecular weight excluding hydrogens is 204 g/mol. The van der Waals surface area contributed by atoms with Crippen molar-refractivity contribution in [2.45, 2.75) is 32.7 Å². The molecule has 0 radical (unpaired) electrons. The van der Waals surface area contributed by atoms with E-state index in [0.717, 1.165) is 5.75 Å². The second-order valence-electron chi connectivity index (χ2n) is 4.57. The Labute approximate surface area is 96.3 Å². The van der Waals surface area contributed by atoms with Gasteiger partial charge in [0.15, 0.2) is 5.79 Å². The van der Waals surface area contributed by atoms with Gasteiger partial charge in [-0.3, -0.25) is 0 Å². The van der Waals surface area contributed by atoms with Crippen LogP contribution < -0.4 is 4.74 Å². The third-order valence-corrected chi connectivity index (χ3v) is 2.52. The van der Waals surface area contributed by atoms with Gasteiger partial charge in [0.25, 0.3) is 0 Å². The Morgan fingerprint density at radius 2 is 2.00 bits per heavy atom. The third-order valence-electron chi connectivity index (χ3n) is 2.52. The number of benzene rings is 1. The number of hydrogen-bond donors (Lipinski definition) is 0. The van der Waals surface area contributed by atoms with Gasteiger partial charge in [0.05, 0.1) is 6.61 Å². The molecule has 3 nitrogen and oxygen atoms in total. The van der Waals surface area contributed by atoms with Crippen molar-refractivity contribution in [3.8, 4) is 5.75 Å². The normalized spacial score (nSPS) is 23.3. The van der Waals surface area contributed by atoms with Gasteiger partial charge in [-0.05, 0) is 32.9 Å². The van der Waals surface area contributed by atoms with E-state index in [1.807, 2.05) is 38.1 Å². The molecular formula is C13H18O3. The fourth-order valence-electron chi connectivity index (χ4n) is 1.67. The maximum absolute atomic E-state index is 5.65. The summed E-state index contributed by atoms with van der Waals surface area (Å²) < 4.78 is 16.7. The molecule has 1 heterocycles. The van der Waals surface area contributed by atoms with Gasteiger partial charge in [0, 0.05) is 0 Å². The number of ether oxygens (including phenoxy) is 3. The van der Waals surface area contributed by atoms with Crippen LogP contribution in [0, 0.1) is 6.92 Å². The smallest absolute Gasteiger partial charge is 0.163 e. The summed E-state index contributed by atoms with van der Waals surface area (Å²) in [5.74, 6) is 0.403. The van der Waals surface area contributed by atoms with Crippen LogP contribution in [0.25, 0.3) is 0 Å². The van der Waals surface area contributed by atoms with E-state index in [0.29, 0.717) is 13.2 Å².